The Balaban J connectivity index is 1.87. The van der Waals surface area contributed by atoms with Crippen LogP contribution in [0.15, 0.2) is 54.6 Å². The highest BCUT2D eigenvalue weighted by Gasteiger charge is 2.36. The Kier molecular flexibility index (Phi) is 3.55. The molecular formula is C17H19FN2. The fourth-order valence-corrected chi connectivity index (χ4v) is 3.02. The van der Waals surface area contributed by atoms with Gasteiger partial charge in [-0.05, 0) is 29.7 Å². The molecule has 2 aromatic rings. The van der Waals surface area contributed by atoms with Crippen molar-refractivity contribution in [1.29, 1.82) is 0 Å². The second-order valence-corrected chi connectivity index (χ2v) is 5.38. The summed E-state index contributed by atoms with van der Waals surface area (Å²) in [5, 5.41) is 4.51. The average Bonchev–Trinajstić information content (AvgIpc) is 2.77. The van der Waals surface area contributed by atoms with Crippen molar-refractivity contribution < 1.29 is 4.39 Å². The van der Waals surface area contributed by atoms with Crippen LogP contribution in [0.1, 0.15) is 29.6 Å². The van der Waals surface area contributed by atoms with E-state index in [2.05, 4.69) is 48.4 Å². The molecule has 0 aliphatic carbocycles. The molecule has 0 amide bonds. The summed E-state index contributed by atoms with van der Waals surface area (Å²) in [5.74, 6) is -0.178. The van der Waals surface area contributed by atoms with Crippen molar-refractivity contribution in [2.75, 3.05) is 14.1 Å². The van der Waals surface area contributed by atoms with Gasteiger partial charge < -0.3 is 0 Å². The zero-order valence-corrected chi connectivity index (χ0v) is 11.8. The summed E-state index contributed by atoms with van der Waals surface area (Å²) in [6.07, 6.45) is 1.02. The third-order valence-corrected chi connectivity index (χ3v) is 4.29. The largest absolute Gasteiger partial charge is 0.237 e. The van der Waals surface area contributed by atoms with Gasteiger partial charge in [0.05, 0.1) is 12.1 Å². The van der Waals surface area contributed by atoms with Crippen LogP contribution in [0.2, 0.25) is 0 Å². The van der Waals surface area contributed by atoms with Gasteiger partial charge in [-0.1, -0.05) is 42.5 Å². The van der Waals surface area contributed by atoms with Gasteiger partial charge in [0.15, 0.2) is 0 Å². The van der Waals surface area contributed by atoms with Crippen molar-refractivity contribution in [3.8, 4) is 0 Å². The van der Waals surface area contributed by atoms with E-state index in [9.17, 15) is 4.39 Å². The minimum Gasteiger partial charge on any atom is -0.237 e. The predicted molar refractivity (Wildman–Crippen MR) is 78.5 cm³/mol. The van der Waals surface area contributed by atoms with E-state index in [1.54, 1.807) is 12.1 Å². The van der Waals surface area contributed by atoms with Crippen LogP contribution in [-0.2, 0) is 0 Å². The minimum absolute atomic E-state index is 0.178. The van der Waals surface area contributed by atoms with E-state index in [4.69, 9.17) is 0 Å². The maximum atomic E-state index is 13.1. The maximum Gasteiger partial charge on any atom is 0.123 e. The number of hydrogen-bond donors (Lipinski definition) is 0. The maximum absolute atomic E-state index is 13.1. The van der Waals surface area contributed by atoms with Gasteiger partial charge in [-0.3, -0.25) is 0 Å². The van der Waals surface area contributed by atoms with Gasteiger partial charge >= 0.3 is 0 Å². The summed E-state index contributed by atoms with van der Waals surface area (Å²) in [6.45, 7) is 0. The zero-order chi connectivity index (χ0) is 14.1. The van der Waals surface area contributed by atoms with Crippen LogP contribution in [0.25, 0.3) is 0 Å². The van der Waals surface area contributed by atoms with Crippen LogP contribution in [-0.4, -0.2) is 24.1 Å². The molecule has 104 valence electrons. The summed E-state index contributed by atoms with van der Waals surface area (Å²) in [6, 6.07) is 18.1. The first-order valence-corrected chi connectivity index (χ1v) is 6.93. The Bertz CT molecular complexity index is 567. The molecule has 1 fully saturated rings. The predicted octanol–water partition coefficient (Wildman–Crippen LogP) is 3.79. The monoisotopic (exact) mass is 270 g/mol. The fourth-order valence-electron chi connectivity index (χ4n) is 3.02. The average molecular weight is 270 g/mol. The van der Waals surface area contributed by atoms with Crippen molar-refractivity contribution >= 4 is 0 Å². The Morgan fingerprint density at radius 1 is 0.800 bits per heavy atom. The lowest BCUT2D eigenvalue weighted by atomic mass is 9.97. The molecule has 0 aromatic heterocycles. The van der Waals surface area contributed by atoms with Crippen molar-refractivity contribution in [3.05, 3.63) is 71.5 Å². The van der Waals surface area contributed by atoms with Gasteiger partial charge in [0.2, 0.25) is 0 Å². The summed E-state index contributed by atoms with van der Waals surface area (Å²) in [4.78, 5) is 0. The molecule has 3 rings (SSSR count). The summed E-state index contributed by atoms with van der Waals surface area (Å²) < 4.78 is 13.1. The lowest BCUT2D eigenvalue weighted by Crippen LogP contribution is -2.32. The third-order valence-electron chi connectivity index (χ3n) is 4.29. The molecule has 3 heteroatoms. The van der Waals surface area contributed by atoms with Crippen molar-refractivity contribution in [2.24, 2.45) is 0 Å². The molecule has 0 radical (unpaired) electrons. The van der Waals surface area contributed by atoms with E-state index in [-0.39, 0.29) is 5.82 Å². The number of rotatable bonds is 2. The second-order valence-electron chi connectivity index (χ2n) is 5.38. The van der Waals surface area contributed by atoms with Gasteiger partial charge in [0.1, 0.15) is 5.82 Å². The Hall–Kier alpha value is -1.71. The molecular weight excluding hydrogens is 251 g/mol. The molecule has 1 saturated heterocycles. The molecule has 2 aromatic carbocycles. The summed E-state index contributed by atoms with van der Waals surface area (Å²) in [7, 11) is 4.21. The first-order valence-electron chi connectivity index (χ1n) is 6.93. The van der Waals surface area contributed by atoms with Crippen LogP contribution in [0.3, 0.4) is 0 Å². The number of nitrogens with zero attached hydrogens (tertiary/aromatic N) is 2. The first kappa shape index (κ1) is 13.3. The smallest absolute Gasteiger partial charge is 0.123 e. The minimum atomic E-state index is -0.178. The van der Waals surface area contributed by atoms with E-state index in [0.717, 1.165) is 6.42 Å². The molecule has 1 heterocycles. The first-order chi connectivity index (χ1) is 9.66. The Morgan fingerprint density at radius 3 is 1.85 bits per heavy atom. The fraction of sp³-hybridized carbons (Fsp3) is 0.294. The number of hydrogen-bond acceptors (Lipinski definition) is 2. The lowest BCUT2D eigenvalue weighted by Gasteiger charge is -2.28. The Labute approximate surface area is 119 Å². The van der Waals surface area contributed by atoms with Crippen LogP contribution >= 0.6 is 0 Å². The molecule has 2 unspecified atom stereocenters. The van der Waals surface area contributed by atoms with Crippen LogP contribution in [0.4, 0.5) is 4.39 Å². The Morgan fingerprint density at radius 2 is 1.30 bits per heavy atom. The number of benzene rings is 2. The molecule has 0 N–H and O–H groups in total. The summed E-state index contributed by atoms with van der Waals surface area (Å²) in [5.41, 5.74) is 2.49. The number of hydrazine groups is 1. The van der Waals surface area contributed by atoms with E-state index in [0.29, 0.717) is 12.1 Å². The second kappa shape index (κ2) is 5.35. The highest BCUT2D eigenvalue weighted by Crippen LogP contribution is 2.41. The highest BCUT2D eigenvalue weighted by molar-refractivity contribution is 5.25. The van der Waals surface area contributed by atoms with Crippen molar-refractivity contribution in [3.63, 3.8) is 0 Å². The molecule has 2 nitrogen and oxygen atoms in total. The van der Waals surface area contributed by atoms with Crippen molar-refractivity contribution in [1.82, 2.24) is 10.0 Å². The molecule has 0 bridgehead atoms. The van der Waals surface area contributed by atoms with E-state index in [1.165, 1.54) is 11.1 Å². The van der Waals surface area contributed by atoms with E-state index in [1.807, 2.05) is 18.2 Å². The molecule has 1 aliphatic rings. The quantitative estimate of drug-likeness (QED) is 0.819. The van der Waals surface area contributed by atoms with Crippen molar-refractivity contribution in [2.45, 2.75) is 18.5 Å². The van der Waals surface area contributed by atoms with Crippen LogP contribution < -0.4 is 0 Å². The highest BCUT2D eigenvalue weighted by atomic mass is 19.1. The van der Waals surface area contributed by atoms with E-state index >= 15 is 0 Å². The van der Waals surface area contributed by atoms with Crippen LogP contribution in [0.5, 0.6) is 0 Å². The van der Waals surface area contributed by atoms with Gasteiger partial charge in [-0.15, -0.1) is 0 Å². The van der Waals surface area contributed by atoms with Gasteiger partial charge in [0, 0.05) is 14.1 Å². The van der Waals surface area contributed by atoms with Gasteiger partial charge in [-0.2, -0.15) is 0 Å². The van der Waals surface area contributed by atoms with Crippen LogP contribution in [0, 0.1) is 5.82 Å². The standard InChI is InChI=1S/C17H19FN2/c1-19-16(13-6-4-3-5-7-13)12-17(20(19)2)14-8-10-15(18)11-9-14/h3-11,16-17H,12H2,1-2H3. The number of halogens is 1. The molecule has 0 spiro atoms. The molecule has 0 saturated carbocycles. The van der Waals surface area contributed by atoms with E-state index < -0.39 is 0 Å². The topological polar surface area (TPSA) is 6.48 Å². The SMILES string of the molecule is CN1C(c2ccccc2)CC(c2ccc(F)cc2)N1C. The molecule has 20 heavy (non-hydrogen) atoms. The third kappa shape index (κ3) is 2.35. The molecule has 1 aliphatic heterocycles. The van der Waals surface area contributed by atoms with Gasteiger partial charge in [-0.25, -0.2) is 14.4 Å². The normalized spacial score (nSPS) is 24.1. The zero-order valence-electron chi connectivity index (χ0n) is 11.8. The lowest BCUT2D eigenvalue weighted by molar-refractivity contribution is 0.0252. The molecule has 2 atom stereocenters. The van der Waals surface area contributed by atoms with Gasteiger partial charge in [0.25, 0.3) is 0 Å². The summed E-state index contributed by atoms with van der Waals surface area (Å²) >= 11 is 0.